The van der Waals surface area contributed by atoms with Gasteiger partial charge in [0.2, 0.25) is 0 Å². The molecule has 0 spiro atoms. The number of rotatable bonds is 16. The van der Waals surface area contributed by atoms with Gasteiger partial charge in [-0.15, -0.1) is 10.2 Å². The van der Waals surface area contributed by atoms with Gasteiger partial charge >= 0.3 is 0 Å². The van der Waals surface area contributed by atoms with Crippen molar-refractivity contribution in [2.75, 3.05) is 49.8 Å². The first-order valence-corrected chi connectivity index (χ1v) is 18.4. The van der Waals surface area contributed by atoms with E-state index in [4.69, 9.17) is 9.29 Å². The van der Waals surface area contributed by atoms with Crippen molar-refractivity contribution in [1.29, 1.82) is 5.26 Å². The summed E-state index contributed by atoms with van der Waals surface area (Å²) in [5.74, 6) is 0.0242. The number of nitrogens with one attached hydrogen (secondary N) is 1. The van der Waals surface area contributed by atoms with Crippen molar-refractivity contribution in [3.05, 3.63) is 65.6 Å². The van der Waals surface area contributed by atoms with Gasteiger partial charge in [0.1, 0.15) is 28.2 Å². The molecule has 0 unspecified atom stereocenters. The summed E-state index contributed by atoms with van der Waals surface area (Å²) in [7, 11) is -9.79. The number of sulfone groups is 1. The van der Waals surface area contributed by atoms with Gasteiger partial charge in [-0.25, -0.2) is 13.4 Å². The molecule has 2 aromatic carbocycles. The fraction of sp³-hybridized carbons (Fsp3) is 0.286. The standard InChI is InChI=1S/C28H32N8O9S3/c1-5-46(37,38)16-14-36(3)28-26(19(2)23(18-29)27(31-28)30-13-6-15-45-4)35-34-24-12-9-21(17-25(24)48(42,43)44)33-32-20-7-10-22(11-8-20)47(39,40)41/h5,7-12,17H,1,6,13-16H2,2-4H3,(H,30,31)(H,39,40,41)(H,42,43,44)/b33-32+,35-34+. The second-order valence-electron chi connectivity index (χ2n) is 9.97. The Morgan fingerprint density at radius 3 is 2.23 bits per heavy atom. The Morgan fingerprint density at radius 1 is 1.00 bits per heavy atom. The van der Waals surface area contributed by atoms with Crippen molar-refractivity contribution >= 4 is 64.5 Å². The van der Waals surface area contributed by atoms with E-state index in [0.29, 0.717) is 25.1 Å². The smallest absolute Gasteiger partial charge is 0.296 e. The number of pyridine rings is 1. The molecule has 0 bridgehead atoms. The summed E-state index contributed by atoms with van der Waals surface area (Å²) in [6, 6.07) is 10.3. The largest absolute Gasteiger partial charge is 0.385 e. The molecule has 48 heavy (non-hydrogen) atoms. The van der Waals surface area contributed by atoms with E-state index in [0.717, 1.165) is 23.6 Å². The van der Waals surface area contributed by atoms with Gasteiger partial charge in [0.05, 0.1) is 27.6 Å². The van der Waals surface area contributed by atoms with Gasteiger partial charge in [0.25, 0.3) is 20.2 Å². The lowest BCUT2D eigenvalue weighted by atomic mass is 10.1. The number of azo groups is 2. The van der Waals surface area contributed by atoms with Crippen LogP contribution in [0.25, 0.3) is 0 Å². The number of benzene rings is 2. The minimum atomic E-state index is -4.89. The van der Waals surface area contributed by atoms with Crippen LogP contribution in [0.5, 0.6) is 0 Å². The molecule has 0 atom stereocenters. The summed E-state index contributed by atoms with van der Waals surface area (Å²) >= 11 is 0. The number of ether oxygens (including phenoxy) is 1. The molecule has 3 N–H and O–H groups in total. The predicted octanol–water partition coefficient (Wildman–Crippen LogP) is 5.03. The second-order valence-corrected chi connectivity index (χ2v) is 14.8. The highest BCUT2D eigenvalue weighted by Gasteiger charge is 2.22. The molecular weight excluding hydrogens is 689 g/mol. The summed E-state index contributed by atoms with van der Waals surface area (Å²) < 4.78 is 95.4. The number of anilines is 2. The third-order valence-corrected chi connectivity index (χ3v) is 9.56. The first-order valence-electron chi connectivity index (χ1n) is 13.8. The molecule has 0 aliphatic rings. The summed E-state index contributed by atoms with van der Waals surface area (Å²) in [5, 5.41) is 29.9. The Labute approximate surface area is 278 Å². The molecular formula is C28H32N8O9S3. The van der Waals surface area contributed by atoms with Crippen molar-refractivity contribution in [3.8, 4) is 6.07 Å². The zero-order valence-corrected chi connectivity index (χ0v) is 28.4. The second kappa shape index (κ2) is 16.0. The van der Waals surface area contributed by atoms with Crippen LogP contribution in [0.1, 0.15) is 17.5 Å². The van der Waals surface area contributed by atoms with Gasteiger partial charge in [-0.3, -0.25) is 9.11 Å². The average Bonchev–Trinajstić information content (AvgIpc) is 3.03. The number of methoxy groups -OCH3 is 1. The first kappa shape index (κ1) is 37.8. The predicted molar refractivity (Wildman–Crippen MR) is 177 cm³/mol. The van der Waals surface area contributed by atoms with E-state index in [9.17, 15) is 35.1 Å². The quantitative estimate of drug-likeness (QED) is 0.0998. The van der Waals surface area contributed by atoms with Crippen molar-refractivity contribution < 1.29 is 39.1 Å². The fourth-order valence-corrected chi connectivity index (χ4v) is 5.78. The first-order chi connectivity index (χ1) is 22.5. The maximum atomic E-state index is 12.3. The molecule has 17 nitrogen and oxygen atoms in total. The van der Waals surface area contributed by atoms with Crippen LogP contribution < -0.4 is 10.2 Å². The Hall–Kier alpha value is -4.65. The third kappa shape index (κ3) is 10.2. The Bertz CT molecular complexity index is 2100. The summed E-state index contributed by atoms with van der Waals surface area (Å²) in [6.45, 7) is 5.69. The fourth-order valence-electron chi connectivity index (χ4n) is 3.96. The van der Waals surface area contributed by atoms with Gasteiger partial charge in [0, 0.05) is 44.8 Å². The molecule has 3 aromatic rings. The molecule has 0 amide bonds. The molecule has 256 valence electrons. The number of hydrogen-bond donors (Lipinski definition) is 3. The number of nitrogens with zero attached hydrogens (tertiary/aromatic N) is 7. The van der Waals surface area contributed by atoms with Crippen LogP contribution >= 0.6 is 0 Å². The number of aromatic nitrogens is 1. The minimum absolute atomic E-state index is 0.0298. The lowest BCUT2D eigenvalue weighted by Gasteiger charge is -2.22. The van der Waals surface area contributed by atoms with Crippen LogP contribution in [0, 0.1) is 18.3 Å². The third-order valence-electron chi connectivity index (χ3n) is 6.55. The van der Waals surface area contributed by atoms with Crippen molar-refractivity contribution in [3.63, 3.8) is 0 Å². The Balaban J connectivity index is 2.07. The molecule has 0 saturated carbocycles. The molecule has 0 aliphatic heterocycles. The maximum absolute atomic E-state index is 12.3. The van der Waals surface area contributed by atoms with Crippen molar-refractivity contribution in [1.82, 2.24) is 4.98 Å². The van der Waals surface area contributed by atoms with Crippen LogP contribution in [-0.4, -0.2) is 78.9 Å². The van der Waals surface area contributed by atoms with Gasteiger partial charge in [-0.05, 0) is 55.8 Å². The number of hydrogen-bond acceptors (Lipinski definition) is 15. The van der Waals surface area contributed by atoms with E-state index in [1.807, 2.05) is 0 Å². The molecule has 1 aromatic heterocycles. The summed E-state index contributed by atoms with van der Waals surface area (Å²) in [5.41, 5.74) is 0.288. The van der Waals surface area contributed by atoms with E-state index in [1.165, 1.54) is 29.2 Å². The van der Waals surface area contributed by atoms with E-state index in [2.05, 4.69) is 43.4 Å². The van der Waals surface area contributed by atoms with Crippen molar-refractivity contribution in [2.45, 2.75) is 23.1 Å². The van der Waals surface area contributed by atoms with Crippen LogP contribution in [0.2, 0.25) is 0 Å². The monoisotopic (exact) mass is 720 g/mol. The minimum Gasteiger partial charge on any atom is -0.385 e. The number of nitriles is 1. The SMILES string of the molecule is C=CS(=O)(=O)CCN(C)c1nc(NCCCOC)c(C#N)c(C)c1/N=N/c1ccc(/N=N/c2ccc(S(=O)(=O)O)cc2)cc1S(=O)(=O)O. The molecule has 0 saturated heterocycles. The summed E-state index contributed by atoms with van der Waals surface area (Å²) in [4.78, 5) is 4.98. The molecule has 0 aliphatic carbocycles. The van der Waals surface area contributed by atoms with E-state index in [1.54, 1.807) is 21.1 Å². The molecule has 3 rings (SSSR count). The van der Waals surface area contributed by atoms with E-state index < -0.39 is 35.0 Å². The van der Waals surface area contributed by atoms with Crippen LogP contribution in [0.3, 0.4) is 0 Å². The zero-order chi connectivity index (χ0) is 35.7. The van der Waals surface area contributed by atoms with Crippen LogP contribution in [-0.2, 0) is 34.8 Å². The van der Waals surface area contributed by atoms with E-state index in [-0.39, 0.29) is 57.1 Å². The Morgan fingerprint density at radius 2 is 1.65 bits per heavy atom. The maximum Gasteiger partial charge on any atom is 0.296 e. The topological polar surface area (TPSA) is 253 Å². The lowest BCUT2D eigenvalue weighted by molar-refractivity contribution is 0.197. The zero-order valence-electron chi connectivity index (χ0n) is 26.0. The molecule has 20 heteroatoms. The normalized spacial score (nSPS) is 12.3. The molecule has 1 heterocycles. The lowest BCUT2D eigenvalue weighted by Crippen LogP contribution is -2.26. The Kier molecular flexibility index (Phi) is 12.6. The van der Waals surface area contributed by atoms with Gasteiger partial charge in [-0.2, -0.15) is 32.3 Å². The van der Waals surface area contributed by atoms with Crippen LogP contribution in [0.4, 0.5) is 34.4 Å². The molecule has 0 radical (unpaired) electrons. The molecule has 0 fully saturated rings. The van der Waals surface area contributed by atoms with Crippen LogP contribution in [0.15, 0.2) is 84.7 Å². The average molecular weight is 721 g/mol. The highest BCUT2D eigenvalue weighted by Crippen LogP contribution is 2.38. The van der Waals surface area contributed by atoms with Gasteiger partial charge in [-0.1, -0.05) is 6.58 Å². The summed E-state index contributed by atoms with van der Waals surface area (Å²) in [6.07, 6.45) is 0.598. The van der Waals surface area contributed by atoms with Gasteiger partial charge < -0.3 is 15.0 Å². The highest BCUT2D eigenvalue weighted by atomic mass is 32.2. The highest BCUT2D eigenvalue weighted by molar-refractivity contribution is 7.94. The van der Waals surface area contributed by atoms with Gasteiger partial charge in [0.15, 0.2) is 15.7 Å². The van der Waals surface area contributed by atoms with Crippen molar-refractivity contribution in [2.24, 2.45) is 20.5 Å². The van der Waals surface area contributed by atoms with E-state index >= 15 is 0 Å².